The molecule has 0 unspecified atom stereocenters. The number of fused-ring (bicyclic) bond motifs is 1. The predicted octanol–water partition coefficient (Wildman–Crippen LogP) is 1.90. The molecule has 5 nitrogen and oxygen atoms in total. The first-order valence-electron chi connectivity index (χ1n) is 6.77. The number of amides is 1. The molecule has 2 aromatic heterocycles. The molecule has 0 bridgehead atoms. The third-order valence-corrected chi connectivity index (χ3v) is 4.79. The van der Waals surface area contributed by atoms with Gasteiger partial charge in [-0.2, -0.15) is 0 Å². The summed E-state index contributed by atoms with van der Waals surface area (Å²) < 4.78 is 0.993. The van der Waals surface area contributed by atoms with Crippen molar-refractivity contribution in [2.75, 3.05) is 25.5 Å². The lowest BCUT2D eigenvalue weighted by Gasteiger charge is -2.29. The van der Waals surface area contributed by atoms with Crippen LogP contribution in [0.4, 0.5) is 5.82 Å². The number of thiophene rings is 1. The molecule has 2 aromatic rings. The molecule has 0 aliphatic carbocycles. The summed E-state index contributed by atoms with van der Waals surface area (Å²) in [6, 6.07) is 6.21. The third-order valence-electron chi connectivity index (χ3n) is 3.69. The fourth-order valence-corrected chi connectivity index (χ4v) is 3.34. The number of nitrogens with one attached hydrogen (secondary N) is 1. The van der Waals surface area contributed by atoms with E-state index in [-0.39, 0.29) is 0 Å². The number of carbonyl (C=O) groups excluding carboxylic acids is 1. The van der Waals surface area contributed by atoms with Gasteiger partial charge in [0.15, 0.2) is 0 Å². The van der Waals surface area contributed by atoms with Gasteiger partial charge in [0.1, 0.15) is 5.82 Å². The molecular formula is C14H18N4OS. The molecule has 1 aliphatic rings. The molecule has 1 aliphatic heterocycles. The fraction of sp³-hybridized carbons (Fsp3) is 0.429. The number of rotatable bonds is 3. The van der Waals surface area contributed by atoms with Crippen molar-refractivity contribution in [3.8, 4) is 0 Å². The van der Waals surface area contributed by atoms with Crippen molar-refractivity contribution in [3.05, 3.63) is 23.1 Å². The molecule has 3 heterocycles. The summed E-state index contributed by atoms with van der Waals surface area (Å²) in [7, 11) is 2.15. The number of piperidine rings is 1. The zero-order valence-corrected chi connectivity index (χ0v) is 12.2. The Morgan fingerprint density at radius 1 is 1.45 bits per heavy atom. The van der Waals surface area contributed by atoms with Crippen molar-refractivity contribution >= 4 is 33.3 Å². The second-order valence-electron chi connectivity index (χ2n) is 5.28. The molecule has 0 radical (unpaired) electrons. The first-order chi connectivity index (χ1) is 9.61. The van der Waals surface area contributed by atoms with Gasteiger partial charge in [0.2, 0.25) is 0 Å². The van der Waals surface area contributed by atoms with E-state index in [1.54, 1.807) is 6.07 Å². The molecule has 20 heavy (non-hydrogen) atoms. The highest BCUT2D eigenvalue weighted by Crippen LogP contribution is 2.26. The molecule has 0 atom stereocenters. The first-order valence-corrected chi connectivity index (χ1v) is 7.59. The van der Waals surface area contributed by atoms with Gasteiger partial charge in [-0.1, -0.05) is 0 Å². The van der Waals surface area contributed by atoms with E-state index in [1.165, 1.54) is 11.3 Å². The Balaban J connectivity index is 1.77. The number of primary amides is 1. The number of nitrogens with two attached hydrogens (primary N) is 1. The van der Waals surface area contributed by atoms with Gasteiger partial charge < -0.3 is 16.0 Å². The average molecular weight is 290 g/mol. The van der Waals surface area contributed by atoms with Crippen LogP contribution in [0.2, 0.25) is 0 Å². The minimum Gasteiger partial charge on any atom is -0.367 e. The lowest BCUT2D eigenvalue weighted by Crippen LogP contribution is -2.36. The quantitative estimate of drug-likeness (QED) is 0.905. The maximum Gasteiger partial charge on any atom is 0.258 e. The van der Waals surface area contributed by atoms with Crippen LogP contribution in [0, 0.1) is 0 Å². The van der Waals surface area contributed by atoms with Crippen LogP contribution in [-0.4, -0.2) is 42.0 Å². The van der Waals surface area contributed by atoms with E-state index in [0.717, 1.165) is 42.0 Å². The van der Waals surface area contributed by atoms with E-state index in [9.17, 15) is 4.79 Å². The minimum atomic E-state index is -0.391. The van der Waals surface area contributed by atoms with Crippen molar-refractivity contribution < 1.29 is 4.79 Å². The topological polar surface area (TPSA) is 71.2 Å². The lowest BCUT2D eigenvalue weighted by molar-refractivity contribution is 0.100. The highest BCUT2D eigenvalue weighted by molar-refractivity contribution is 7.20. The summed E-state index contributed by atoms with van der Waals surface area (Å²) in [6.45, 7) is 2.23. The van der Waals surface area contributed by atoms with Gasteiger partial charge in [0.05, 0.1) is 15.1 Å². The minimum absolute atomic E-state index is 0.391. The van der Waals surface area contributed by atoms with E-state index in [0.29, 0.717) is 10.9 Å². The largest absolute Gasteiger partial charge is 0.367 e. The lowest BCUT2D eigenvalue weighted by atomic mass is 10.1. The summed E-state index contributed by atoms with van der Waals surface area (Å²) in [5.41, 5.74) is 6.14. The molecule has 106 valence electrons. The second-order valence-corrected chi connectivity index (χ2v) is 6.36. The SMILES string of the molecule is CN1CCC(Nc2ccc3sc(C(N)=O)cc3n2)CC1. The maximum absolute atomic E-state index is 11.2. The molecular weight excluding hydrogens is 272 g/mol. The van der Waals surface area contributed by atoms with Crippen LogP contribution in [-0.2, 0) is 0 Å². The predicted molar refractivity (Wildman–Crippen MR) is 82.3 cm³/mol. The zero-order valence-electron chi connectivity index (χ0n) is 11.4. The number of anilines is 1. The summed E-state index contributed by atoms with van der Waals surface area (Å²) in [4.78, 5) is 18.7. The van der Waals surface area contributed by atoms with Crippen molar-refractivity contribution in [2.24, 2.45) is 5.73 Å². The Bertz CT molecular complexity index is 631. The van der Waals surface area contributed by atoms with Crippen LogP contribution >= 0.6 is 11.3 Å². The van der Waals surface area contributed by atoms with Crippen LogP contribution < -0.4 is 11.1 Å². The molecule has 0 saturated carbocycles. The fourth-order valence-electron chi connectivity index (χ4n) is 2.49. The Morgan fingerprint density at radius 2 is 2.20 bits per heavy atom. The Kier molecular flexibility index (Phi) is 3.58. The van der Waals surface area contributed by atoms with Crippen LogP contribution in [0.1, 0.15) is 22.5 Å². The zero-order chi connectivity index (χ0) is 14.1. The second kappa shape index (κ2) is 5.38. The summed E-state index contributed by atoms with van der Waals surface area (Å²) in [5, 5.41) is 3.48. The standard InChI is InChI=1S/C14H18N4OS/c1-18-6-4-9(5-7-18)16-13-3-2-11-10(17-13)8-12(20-11)14(15)19/h2-3,8-9H,4-7H2,1H3,(H2,15,19)(H,16,17). The molecule has 1 saturated heterocycles. The van der Waals surface area contributed by atoms with Crippen LogP contribution in [0.5, 0.6) is 0 Å². The van der Waals surface area contributed by atoms with Crippen molar-refractivity contribution in [2.45, 2.75) is 18.9 Å². The van der Waals surface area contributed by atoms with Gasteiger partial charge in [-0.25, -0.2) is 4.98 Å². The van der Waals surface area contributed by atoms with Gasteiger partial charge in [0.25, 0.3) is 5.91 Å². The molecule has 0 spiro atoms. The monoisotopic (exact) mass is 290 g/mol. The van der Waals surface area contributed by atoms with E-state index in [4.69, 9.17) is 5.73 Å². The van der Waals surface area contributed by atoms with E-state index in [2.05, 4.69) is 22.2 Å². The number of nitrogens with zero attached hydrogens (tertiary/aromatic N) is 2. The van der Waals surface area contributed by atoms with Crippen molar-refractivity contribution in [1.29, 1.82) is 0 Å². The molecule has 3 rings (SSSR count). The van der Waals surface area contributed by atoms with E-state index in [1.807, 2.05) is 12.1 Å². The maximum atomic E-state index is 11.2. The number of hydrogen-bond acceptors (Lipinski definition) is 5. The van der Waals surface area contributed by atoms with Crippen molar-refractivity contribution in [3.63, 3.8) is 0 Å². The third kappa shape index (κ3) is 2.76. The molecule has 3 N–H and O–H groups in total. The molecule has 1 fully saturated rings. The summed E-state index contributed by atoms with van der Waals surface area (Å²) >= 11 is 1.39. The average Bonchev–Trinajstić information content (AvgIpc) is 2.85. The molecule has 0 aromatic carbocycles. The number of carbonyl (C=O) groups is 1. The van der Waals surface area contributed by atoms with Gasteiger partial charge in [-0.15, -0.1) is 11.3 Å². The Hall–Kier alpha value is -1.66. The number of likely N-dealkylation sites (tertiary alicyclic amines) is 1. The molecule has 6 heteroatoms. The number of aromatic nitrogens is 1. The van der Waals surface area contributed by atoms with Gasteiger partial charge in [0, 0.05) is 6.04 Å². The highest BCUT2D eigenvalue weighted by atomic mass is 32.1. The smallest absolute Gasteiger partial charge is 0.258 e. The van der Waals surface area contributed by atoms with Crippen LogP contribution in [0.25, 0.3) is 10.2 Å². The highest BCUT2D eigenvalue weighted by Gasteiger charge is 2.17. The Labute approximate surface area is 121 Å². The number of hydrogen-bond donors (Lipinski definition) is 2. The molecule has 1 amide bonds. The first kappa shape index (κ1) is 13.3. The number of pyridine rings is 1. The van der Waals surface area contributed by atoms with Gasteiger partial charge >= 0.3 is 0 Å². The van der Waals surface area contributed by atoms with Crippen LogP contribution in [0.15, 0.2) is 18.2 Å². The van der Waals surface area contributed by atoms with E-state index >= 15 is 0 Å². The summed E-state index contributed by atoms with van der Waals surface area (Å²) in [5.74, 6) is 0.485. The van der Waals surface area contributed by atoms with Crippen LogP contribution in [0.3, 0.4) is 0 Å². The van der Waals surface area contributed by atoms with Gasteiger partial charge in [-0.05, 0) is 51.2 Å². The van der Waals surface area contributed by atoms with E-state index < -0.39 is 5.91 Å². The van der Waals surface area contributed by atoms with Crippen molar-refractivity contribution in [1.82, 2.24) is 9.88 Å². The Morgan fingerprint density at radius 3 is 2.90 bits per heavy atom. The normalized spacial score (nSPS) is 17.4. The summed E-state index contributed by atoms with van der Waals surface area (Å²) in [6.07, 6.45) is 2.26. The van der Waals surface area contributed by atoms with Gasteiger partial charge in [-0.3, -0.25) is 4.79 Å².